The molecule has 1 heterocycles. The Morgan fingerprint density at radius 3 is 2.58 bits per heavy atom. The molecule has 0 saturated carbocycles. The lowest BCUT2D eigenvalue weighted by molar-refractivity contribution is -0.145. The summed E-state index contributed by atoms with van der Waals surface area (Å²) in [5, 5.41) is 0. The van der Waals surface area contributed by atoms with E-state index in [2.05, 4.69) is 4.98 Å². The number of aromatic nitrogens is 1. The second-order valence-electron chi connectivity index (χ2n) is 5.80. The number of aryl methyl sites for hydroxylation is 2. The van der Waals surface area contributed by atoms with Gasteiger partial charge in [-0.15, -0.1) is 0 Å². The van der Waals surface area contributed by atoms with Crippen LogP contribution in [0.25, 0.3) is 11.3 Å². The highest BCUT2D eigenvalue weighted by atomic mass is 19.1. The van der Waals surface area contributed by atoms with Crippen LogP contribution in [0.5, 0.6) is 0 Å². The van der Waals surface area contributed by atoms with E-state index in [0.717, 1.165) is 23.3 Å². The molecule has 0 amide bonds. The third kappa shape index (κ3) is 4.14. The summed E-state index contributed by atoms with van der Waals surface area (Å²) in [6, 6.07) is 11.2. The monoisotopic (exact) mass is 357 g/mol. The van der Waals surface area contributed by atoms with Crippen molar-refractivity contribution in [1.29, 1.82) is 0 Å². The molecular weight excluding hydrogens is 340 g/mol. The zero-order valence-corrected chi connectivity index (χ0v) is 14.2. The lowest BCUT2D eigenvalue weighted by atomic mass is 10.1. The Morgan fingerprint density at radius 2 is 1.85 bits per heavy atom. The average molecular weight is 357 g/mol. The van der Waals surface area contributed by atoms with Gasteiger partial charge in [0.15, 0.2) is 11.7 Å². The molecule has 0 saturated heterocycles. The van der Waals surface area contributed by atoms with Gasteiger partial charge in [0.2, 0.25) is 0 Å². The number of hydrogen-bond donors (Lipinski definition) is 0. The summed E-state index contributed by atoms with van der Waals surface area (Å²) in [4.78, 5) is 15.8. The molecule has 0 bridgehead atoms. The zero-order chi connectivity index (χ0) is 18.5. The van der Waals surface area contributed by atoms with E-state index in [1.54, 1.807) is 0 Å². The van der Waals surface area contributed by atoms with Crippen LogP contribution in [0.4, 0.5) is 8.78 Å². The molecule has 0 N–H and O–H groups in total. The van der Waals surface area contributed by atoms with Crippen LogP contribution in [0.1, 0.15) is 23.4 Å². The number of ether oxygens (including phenoxy) is 1. The minimum absolute atomic E-state index is 0.0103. The fraction of sp³-hybridized carbons (Fsp3) is 0.200. The average Bonchev–Trinajstić information content (AvgIpc) is 3.08. The SMILES string of the molecule is Cc1ccccc1COC(=O)CCc1ncc(-c2c(F)cccc2F)o1. The van der Waals surface area contributed by atoms with Gasteiger partial charge in [-0.05, 0) is 30.2 Å². The minimum atomic E-state index is -0.731. The fourth-order valence-electron chi connectivity index (χ4n) is 2.49. The lowest BCUT2D eigenvalue weighted by Crippen LogP contribution is -2.06. The van der Waals surface area contributed by atoms with Crippen molar-refractivity contribution in [2.75, 3.05) is 0 Å². The molecule has 2 aromatic carbocycles. The lowest BCUT2D eigenvalue weighted by Gasteiger charge is -2.06. The van der Waals surface area contributed by atoms with E-state index < -0.39 is 17.6 Å². The van der Waals surface area contributed by atoms with E-state index in [0.29, 0.717) is 0 Å². The third-order valence-electron chi connectivity index (χ3n) is 3.96. The summed E-state index contributed by atoms with van der Waals surface area (Å²) in [6.45, 7) is 2.14. The first-order valence-corrected chi connectivity index (χ1v) is 8.14. The Hall–Kier alpha value is -3.02. The maximum absolute atomic E-state index is 13.8. The molecule has 0 aliphatic carbocycles. The maximum atomic E-state index is 13.8. The van der Waals surface area contributed by atoms with Crippen LogP contribution in [0.3, 0.4) is 0 Å². The smallest absolute Gasteiger partial charge is 0.306 e. The Labute approximate surface area is 149 Å². The van der Waals surface area contributed by atoms with Gasteiger partial charge >= 0.3 is 5.97 Å². The molecule has 0 aliphatic rings. The molecule has 0 spiro atoms. The molecule has 0 fully saturated rings. The molecule has 134 valence electrons. The van der Waals surface area contributed by atoms with Crippen molar-refractivity contribution in [3.8, 4) is 11.3 Å². The van der Waals surface area contributed by atoms with Crippen LogP contribution in [0.15, 0.2) is 53.1 Å². The molecule has 3 rings (SSSR count). The van der Waals surface area contributed by atoms with Gasteiger partial charge < -0.3 is 9.15 Å². The van der Waals surface area contributed by atoms with Gasteiger partial charge in [0.25, 0.3) is 0 Å². The van der Waals surface area contributed by atoms with Gasteiger partial charge in [-0.3, -0.25) is 4.79 Å². The molecular formula is C20H17F2NO3. The first-order valence-electron chi connectivity index (χ1n) is 8.14. The number of carbonyl (C=O) groups excluding carboxylic acids is 1. The molecule has 0 radical (unpaired) electrons. The highest BCUT2D eigenvalue weighted by molar-refractivity contribution is 5.69. The second kappa shape index (κ2) is 7.91. The maximum Gasteiger partial charge on any atom is 0.306 e. The Bertz CT molecular complexity index is 901. The van der Waals surface area contributed by atoms with Crippen molar-refractivity contribution in [1.82, 2.24) is 4.98 Å². The van der Waals surface area contributed by atoms with Crippen LogP contribution in [0.2, 0.25) is 0 Å². The van der Waals surface area contributed by atoms with E-state index in [9.17, 15) is 13.6 Å². The molecule has 26 heavy (non-hydrogen) atoms. The third-order valence-corrected chi connectivity index (χ3v) is 3.96. The predicted octanol–water partition coefficient (Wildman–Crippen LogP) is 4.60. The quantitative estimate of drug-likeness (QED) is 0.605. The van der Waals surface area contributed by atoms with Gasteiger partial charge in [-0.25, -0.2) is 13.8 Å². The molecule has 1 aromatic heterocycles. The van der Waals surface area contributed by atoms with Crippen molar-refractivity contribution in [2.24, 2.45) is 0 Å². The number of rotatable bonds is 6. The number of esters is 1. The van der Waals surface area contributed by atoms with E-state index in [1.807, 2.05) is 31.2 Å². The number of nitrogens with zero attached hydrogens (tertiary/aromatic N) is 1. The van der Waals surface area contributed by atoms with Gasteiger partial charge in [-0.1, -0.05) is 30.3 Å². The number of halogens is 2. The minimum Gasteiger partial charge on any atom is -0.461 e. The van der Waals surface area contributed by atoms with E-state index >= 15 is 0 Å². The number of benzene rings is 2. The topological polar surface area (TPSA) is 52.3 Å². The first-order chi connectivity index (χ1) is 12.5. The van der Waals surface area contributed by atoms with E-state index in [-0.39, 0.29) is 36.7 Å². The molecule has 4 nitrogen and oxygen atoms in total. The molecule has 0 unspecified atom stereocenters. The second-order valence-corrected chi connectivity index (χ2v) is 5.80. The van der Waals surface area contributed by atoms with Gasteiger partial charge in [0, 0.05) is 6.42 Å². The van der Waals surface area contributed by atoms with Crippen LogP contribution in [-0.2, 0) is 22.6 Å². The molecule has 3 aromatic rings. The van der Waals surface area contributed by atoms with Crippen molar-refractivity contribution in [2.45, 2.75) is 26.4 Å². The van der Waals surface area contributed by atoms with Crippen molar-refractivity contribution in [3.05, 3.63) is 77.3 Å². The number of carbonyl (C=O) groups is 1. The van der Waals surface area contributed by atoms with Crippen LogP contribution >= 0.6 is 0 Å². The highest BCUT2D eigenvalue weighted by Gasteiger charge is 2.16. The molecule has 0 aliphatic heterocycles. The summed E-state index contributed by atoms with van der Waals surface area (Å²) < 4.78 is 38.1. The van der Waals surface area contributed by atoms with E-state index in [1.165, 1.54) is 12.3 Å². The summed E-state index contributed by atoms with van der Waals surface area (Å²) in [5.74, 6) is -1.65. The number of oxazole rings is 1. The van der Waals surface area contributed by atoms with Gasteiger partial charge in [-0.2, -0.15) is 0 Å². The van der Waals surface area contributed by atoms with Crippen LogP contribution in [0, 0.1) is 18.6 Å². The van der Waals surface area contributed by atoms with Crippen LogP contribution in [-0.4, -0.2) is 11.0 Å². The summed E-state index contributed by atoms with van der Waals surface area (Å²) in [6.07, 6.45) is 1.49. The predicted molar refractivity (Wildman–Crippen MR) is 91.2 cm³/mol. The zero-order valence-electron chi connectivity index (χ0n) is 14.2. The molecule has 0 atom stereocenters. The molecule has 6 heteroatoms. The standard InChI is InChI=1S/C20H17F2NO3/c1-13-5-2-3-6-14(13)12-25-19(24)10-9-18-23-11-17(26-18)20-15(21)7-4-8-16(20)22/h2-8,11H,9-10,12H2,1H3. The Balaban J connectivity index is 1.56. The fourth-order valence-corrected chi connectivity index (χ4v) is 2.49. The summed E-state index contributed by atoms with van der Waals surface area (Å²) in [7, 11) is 0. The van der Waals surface area contributed by atoms with Gasteiger partial charge in [0.05, 0.1) is 18.2 Å². The summed E-state index contributed by atoms with van der Waals surface area (Å²) in [5.41, 5.74) is 1.72. The summed E-state index contributed by atoms with van der Waals surface area (Å²) >= 11 is 0. The first kappa shape index (κ1) is 17.8. The van der Waals surface area contributed by atoms with Gasteiger partial charge in [0.1, 0.15) is 18.2 Å². The Morgan fingerprint density at radius 1 is 1.12 bits per heavy atom. The Kier molecular flexibility index (Phi) is 5.41. The van der Waals surface area contributed by atoms with Crippen molar-refractivity contribution in [3.63, 3.8) is 0 Å². The van der Waals surface area contributed by atoms with Crippen LogP contribution < -0.4 is 0 Å². The van der Waals surface area contributed by atoms with Crippen molar-refractivity contribution < 1.29 is 22.7 Å². The van der Waals surface area contributed by atoms with Crippen molar-refractivity contribution >= 4 is 5.97 Å². The normalized spacial score (nSPS) is 10.7. The largest absolute Gasteiger partial charge is 0.461 e. The highest BCUT2D eigenvalue weighted by Crippen LogP contribution is 2.26. The number of hydrogen-bond acceptors (Lipinski definition) is 4. The van der Waals surface area contributed by atoms with E-state index in [4.69, 9.17) is 9.15 Å².